The number of fused-ring (bicyclic) bond motifs is 1. The highest BCUT2D eigenvalue weighted by Gasteiger charge is 2.37. The van der Waals surface area contributed by atoms with E-state index in [2.05, 4.69) is 6.58 Å². The van der Waals surface area contributed by atoms with Crippen LogP contribution in [0.2, 0.25) is 0 Å². The SMILES string of the molecule is C=CCC(C(=O)OC(C)(C)C)[C@@H](c1ccco1)c1cc2c(cc1C=O)OCO2. The number of esters is 1. The molecular formula is C22H24O6. The van der Waals surface area contributed by atoms with Crippen LogP contribution in [-0.2, 0) is 9.53 Å². The van der Waals surface area contributed by atoms with Crippen molar-refractivity contribution < 1.29 is 28.2 Å². The van der Waals surface area contributed by atoms with E-state index in [9.17, 15) is 9.59 Å². The van der Waals surface area contributed by atoms with Gasteiger partial charge in [-0.05, 0) is 57.0 Å². The summed E-state index contributed by atoms with van der Waals surface area (Å²) < 4.78 is 22.2. The minimum Gasteiger partial charge on any atom is -0.469 e. The Labute approximate surface area is 164 Å². The Balaban J connectivity index is 2.12. The van der Waals surface area contributed by atoms with E-state index in [0.29, 0.717) is 34.8 Å². The Hall–Kier alpha value is -3.02. The number of rotatable bonds is 7. The van der Waals surface area contributed by atoms with Crippen LogP contribution in [0.25, 0.3) is 0 Å². The summed E-state index contributed by atoms with van der Waals surface area (Å²) in [4.78, 5) is 24.9. The summed E-state index contributed by atoms with van der Waals surface area (Å²) in [5.74, 6) is 0.0303. The second-order valence-electron chi connectivity index (χ2n) is 7.61. The normalized spacial score (nSPS) is 15.0. The van der Waals surface area contributed by atoms with E-state index in [-0.39, 0.29) is 12.8 Å². The number of aldehydes is 1. The van der Waals surface area contributed by atoms with Crippen LogP contribution in [0.3, 0.4) is 0 Å². The summed E-state index contributed by atoms with van der Waals surface area (Å²) in [6.45, 7) is 9.32. The molecule has 0 aliphatic carbocycles. The molecule has 1 aromatic carbocycles. The average Bonchev–Trinajstić information content (AvgIpc) is 3.30. The highest BCUT2D eigenvalue weighted by molar-refractivity contribution is 5.82. The summed E-state index contributed by atoms with van der Waals surface area (Å²) in [6.07, 6.45) is 4.30. The van der Waals surface area contributed by atoms with Gasteiger partial charge in [-0.3, -0.25) is 9.59 Å². The van der Waals surface area contributed by atoms with Gasteiger partial charge in [0.05, 0.1) is 18.1 Å². The number of hydrogen-bond acceptors (Lipinski definition) is 6. The predicted molar refractivity (Wildman–Crippen MR) is 103 cm³/mol. The monoisotopic (exact) mass is 384 g/mol. The molecule has 148 valence electrons. The lowest BCUT2D eigenvalue weighted by Crippen LogP contribution is -2.32. The van der Waals surface area contributed by atoms with E-state index in [1.165, 1.54) is 6.26 Å². The van der Waals surface area contributed by atoms with Crippen molar-refractivity contribution in [3.05, 3.63) is 60.1 Å². The maximum absolute atomic E-state index is 13.0. The van der Waals surface area contributed by atoms with Crippen LogP contribution in [0, 0.1) is 5.92 Å². The van der Waals surface area contributed by atoms with Crippen molar-refractivity contribution in [2.24, 2.45) is 5.92 Å². The van der Waals surface area contributed by atoms with Crippen molar-refractivity contribution in [3.63, 3.8) is 0 Å². The molecule has 0 fully saturated rings. The molecule has 6 heteroatoms. The van der Waals surface area contributed by atoms with E-state index >= 15 is 0 Å². The zero-order valence-corrected chi connectivity index (χ0v) is 16.3. The molecule has 0 spiro atoms. The first-order chi connectivity index (χ1) is 13.3. The number of hydrogen-bond donors (Lipinski definition) is 0. The Morgan fingerprint density at radius 3 is 2.57 bits per heavy atom. The molecule has 2 atom stereocenters. The third-order valence-corrected chi connectivity index (χ3v) is 4.42. The van der Waals surface area contributed by atoms with Crippen LogP contribution in [0.4, 0.5) is 0 Å². The van der Waals surface area contributed by atoms with Crippen molar-refractivity contribution >= 4 is 12.3 Å². The van der Waals surface area contributed by atoms with Gasteiger partial charge in [0.1, 0.15) is 17.6 Å². The predicted octanol–water partition coefficient (Wildman–Crippen LogP) is 4.49. The molecule has 0 saturated carbocycles. The van der Waals surface area contributed by atoms with Crippen LogP contribution >= 0.6 is 0 Å². The minimum atomic E-state index is -0.646. The topological polar surface area (TPSA) is 75.0 Å². The van der Waals surface area contributed by atoms with Crippen LogP contribution in [0.5, 0.6) is 11.5 Å². The maximum Gasteiger partial charge on any atom is 0.310 e. The summed E-state index contributed by atoms with van der Waals surface area (Å²) in [5, 5.41) is 0. The molecule has 3 rings (SSSR count). The molecule has 1 unspecified atom stereocenters. The van der Waals surface area contributed by atoms with Crippen LogP contribution in [0.1, 0.15) is 54.8 Å². The zero-order chi connectivity index (χ0) is 20.3. The first kappa shape index (κ1) is 19.7. The molecule has 0 radical (unpaired) electrons. The van der Waals surface area contributed by atoms with E-state index in [0.717, 1.165) is 6.29 Å². The van der Waals surface area contributed by atoms with Crippen molar-refractivity contribution in [2.45, 2.75) is 38.7 Å². The van der Waals surface area contributed by atoms with Gasteiger partial charge in [-0.2, -0.15) is 0 Å². The van der Waals surface area contributed by atoms with E-state index in [4.69, 9.17) is 18.6 Å². The summed E-state index contributed by atoms with van der Waals surface area (Å²) in [7, 11) is 0. The van der Waals surface area contributed by atoms with E-state index in [1.54, 1.807) is 30.3 Å². The molecule has 1 aromatic heterocycles. The minimum absolute atomic E-state index is 0.0880. The number of carbonyl (C=O) groups excluding carboxylic acids is 2. The molecule has 1 aliphatic rings. The van der Waals surface area contributed by atoms with Gasteiger partial charge < -0.3 is 18.6 Å². The van der Waals surface area contributed by atoms with Crippen LogP contribution in [0.15, 0.2) is 47.6 Å². The Bertz CT molecular complexity index is 860. The fourth-order valence-corrected chi connectivity index (χ4v) is 3.31. The molecule has 28 heavy (non-hydrogen) atoms. The van der Waals surface area contributed by atoms with Crippen molar-refractivity contribution in [2.75, 3.05) is 6.79 Å². The molecule has 1 aliphatic heterocycles. The molecule has 6 nitrogen and oxygen atoms in total. The number of furan rings is 1. The van der Waals surface area contributed by atoms with Crippen LogP contribution in [-0.4, -0.2) is 24.6 Å². The Morgan fingerprint density at radius 2 is 2.00 bits per heavy atom. The number of ether oxygens (including phenoxy) is 3. The summed E-state index contributed by atoms with van der Waals surface area (Å²) in [5.41, 5.74) is 0.377. The summed E-state index contributed by atoms with van der Waals surface area (Å²) in [6, 6.07) is 6.89. The van der Waals surface area contributed by atoms with E-state index in [1.807, 2.05) is 20.8 Å². The van der Waals surface area contributed by atoms with Gasteiger partial charge in [0.2, 0.25) is 6.79 Å². The standard InChI is InChI=1S/C22H24O6/c1-5-7-15(21(24)28-22(2,3)4)20(17-8-6-9-25-17)16-11-19-18(26-13-27-19)10-14(16)12-23/h5-6,8-12,15,20H,1,7,13H2,2-4H3/t15?,20-/m1/s1. The zero-order valence-electron chi connectivity index (χ0n) is 16.3. The largest absolute Gasteiger partial charge is 0.469 e. The van der Waals surface area contributed by atoms with Gasteiger partial charge in [0, 0.05) is 5.56 Å². The van der Waals surface area contributed by atoms with Gasteiger partial charge in [0.25, 0.3) is 0 Å². The number of allylic oxidation sites excluding steroid dienone is 1. The third-order valence-electron chi connectivity index (χ3n) is 4.42. The lowest BCUT2D eigenvalue weighted by Gasteiger charge is -2.28. The van der Waals surface area contributed by atoms with Crippen molar-refractivity contribution in [1.82, 2.24) is 0 Å². The molecular weight excluding hydrogens is 360 g/mol. The van der Waals surface area contributed by atoms with Gasteiger partial charge in [-0.15, -0.1) is 6.58 Å². The first-order valence-electron chi connectivity index (χ1n) is 9.10. The molecule has 0 N–H and O–H groups in total. The highest BCUT2D eigenvalue weighted by atomic mass is 16.7. The first-order valence-corrected chi connectivity index (χ1v) is 9.10. The quantitative estimate of drug-likeness (QED) is 0.398. The maximum atomic E-state index is 13.0. The van der Waals surface area contributed by atoms with Crippen LogP contribution < -0.4 is 9.47 Å². The second kappa shape index (κ2) is 7.92. The van der Waals surface area contributed by atoms with Gasteiger partial charge in [-0.25, -0.2) is 0 Å². The Kier molecular flexibility index (Phi) is 5.58. The van der Waals surface area contributed by atoms with Crippen molar-refractivity contribution in [3.8, 4) is 11.5 Å². The third kappa shape index (κ3) is 4.11. The van der Waals surface area contributed by atoms with Gasteiger partial charge in [-0.1, -0.05) is 6.08 Å². The van der Waals surface area contributed by atoms with Gasteiger partial charge >= 0.3 is 5.97 Å². The lowest BCUT2D eigenvalue weighted by molar-refractivity contribution is -0.160. The number of carbonyl (C=O) groups is 2. The molecule has 0 saturated heterocycles. The molecule has 0 amide bonds. The number of benzene rings is 1. The smallest absolute Gasteiger partial charge is 0.310 e. The fourth-order valence-electron chi connectivity index (χ4n) is 3.31. The fraction of sp³-hybridized carbons (Fsp3) is 0.364. The molecule has 0 bridgehead atoms. The second-order valence-corrected chi connectivity index (χ2v) is 7.61. The molecule has 2 heterocycles. The summed E-state index contributed by atoms with van der Waals surface area (Å²) >= 11 is 0. The van der Waals surface area contributed by atoms with Gasteiger partial charge in [0.15, 0.2) is 11.5 Å². The lowest BCUT2D eigenvalue weighted by atomic mass is 9.80. The average molecular weight is 384 g/mol. The Morgan fingerprint density at radius 1 is 1.29 bits per heavy atom. The molecule has 2 aromatic rings. The van der Waals surface area contributed by atoms with Crippen molar-refractivity contribution in [1.29, 1.82) is 0 Å². The highest BCUT2D eigenvalue weighted by Crippen LogP contribution is 2.43. The van der Waals surface area contributed by atoms with E-state index < -0.39 is 17.4 Å².